The largest absolute Gasteiger partial charge is 0.493 e. The molecule has 0 aliphatic carbocycles. The van der Waals surface area contributed by atoms with E-state index in [1.54, 1.807) is 0 Å². The molecule has 27 heavy (non-hydrogen) atoms. The Morgan fingerprint density at radius 1 is 1.30 bits per heavy atom. The van der Waals surface area contributed by atoms with E-state index in [0.29, 0.717) is 13.2 Å². The summed E-state index contributed by atoms with van der Waals surface area (Å²) in [6.07, 6.45) is 2.58. The van der Waals surface area contributed by atoms with Crippen LogP contribution >= 0.6 is 11.5 Å². The highest BCUT2D eigenvalue weighted by molar-refractivity contribution is 7.09. The second kappa shape index (κ2) is 8.12. The third-order valence-corrected chi connectivity index (χ3v) is 5.90. The van der Waals surface area contributed by atoms with Crippen molar-refractivity contribution in [1.82, 2.24) is 19.6 Å². The summed E-state index contributed by atoms with van der Waals surface area (Å²) in [6, 6.07) is 7.96. The number of hydrogen-bond acceptors (Lipinski definition) is 6. The molecule has 7 nitrogen and oxygen atoms in total. The number of rotatable bonds is 3. The van der Waals surface area contributed by atoms with Gasteiger partial charge in [-0.15, -0.1) is 0 Å². The van der Waals surface area contributed by atoms with Gasteiger partial charge in [-0.3, -0.25) is 0 Å². The minimum Gasteiger partial charge on any atom is -0.493 e. The van der Waals surface area contributed by atoms with Gasteiger partial charge in [0.05, 0.1) is 12.6 Å². The summed E-state index contributed by atoms with van der Waals surface area (Å²) in [4.78, 5) is 21.6. The average Bonchev–Trinajstić information content (AvgIpc) is 3.05. The molecule has 2 amide bonds. The molecule has 1 fully saturated rings. The Kier molecular flexibility index (Phi) is 5.42. The molecule has 144 valence electrons. The summed E-state index contributed by atoms with van der Waals surface area (Å²) in [6.45, 7) is 5.84. The molecule has 4 rings (SSSR count). The minimum atomic E-state index is 0.00469. The lowest BCUT2D eigenvalue weighted by Crippen LogP contribution is -2.44. The first kappa shape index (κ1) is 18.0. The summed E-state index contributed by atoms with van der Waals surface area (Å²) in [5.41, 5.74) is 1.06. The highest BCUT2D eigenvalue weighted by Gasteiger charge is 2.26. The van der Waals surface area contributed by atoms with Gasteiger partial charge in [0.1, 0.15) is 11.6 Å². The number of carbonyl (C=O) groups is 1. The second-order valence-electron chi connectivity index (χ2n) is 6.85. The fraction of sp³-hybridized carbons (Fsp3) is 0.526. The van der Waals surface area contributed by atoms with Crippen molar-refractivity contribution in [2.45, 2.75) is 32.2 Å². The van der Waals surface area contributed by atoms with Gasteiger partial charge in [0.25, 0.3) is 0 Å². The topological polar surface area (TPSA) is 70.6 Å². The smallest absolute Gasteiger partial charge is 0.317 e. The molecular weight excluding hydrogens is 362 g/mol. The summed E-state index contributed by atoms with van der Waals surface area (Å²) in [5.74, 6) is 1.77. The molecule has 2 aliphatic heterocycles. The molecule has 1 atom stereocenters. The second-order valence-corrected chi connectivity index (χ2v) is 7.58. The number of anilines is 1. The number of amides is 2. The lowest BCUT2D eigenvalue weighted by Gasteiger charge is -2.29. The van der Waals surface area contributed by atoms with Crippen LogP contribution in [-0.2, 0) is 6.42 Å². The van der Waals surface area contributed by atoms with E-state index in [2.05, 4.69) is 26.5 Å². The average molecular weight is 388 g/mol. The predicted molar refractivity (Wildman–Crippen MR) is 106 cm³/mol. The summed E-state index contributed by atoms with van der Waals surface area (Å²) in [7, 11) is 0. The fourth-order valence-corrected chi connectivity index (χ4v) is 4.36. The van der Waals surface area contributed by atoms with Gasteiger partial charge in [-0.05, 0) is 12.5 Å². The predicted octanol–water partition coefficient (Wildman–Crippen LogP) is 2.85. The molecule has 2 aromatic rings. The van der Waals surface area contributed by atoms with Crippen LogP contribution in [0.25, 0.3) is 0 Å². The molecule has 1 N–H and O–H groups in total. The third-order valence-electron chi connectivity index (χ3n) is 5.08. The SMILES string of the molecule is CCc1nsc(N2CCCN(C(=O)NC3CCOc4ccccc43)CC2)n1. The normalized spacial score (nSPS) is 19.8. The maximum Gasteiger partial charge on any atom is 0.317 e. The van der Waals surface area contributed by atoms with Crippen molar-refractivity contribution in [2.24, 2.45) is 0 Å². The first-order valence-electron chi connectivity index (χ1n) is 9.59. The van der Waals surface area contributed by atoms with Crippen molar-refractivity contribution in [3.05, 3.63) is 35.7 Å². The summed E-state index contributed by atoms with van der Waals surface area (Å²) >= 11 is 1.45. The Labute approximate surface area is 163 Å². The van der Waals surface area contributed by atoms with Crippen LogP contribution in [0.3, 0.4) is 0 Å². The Balaban J connectivity index is 1.37. The van der Waals surface area contributed by atoms with Crippen LogP contribution in [0.2, 0.25) is 0 Å². The molecule has 1 saturated heterocycles. The zero-order valence-corrected chi connectivity index (χ0v) is 16.4. The number of carbonyl (C=O) groups excluding carboxylic acids is 1. The van der Waals surface area contributed by atoms with E-state index in [1.165, 1.54) is 11.5 Å². The van der Waals surface area contributed by atoms with Gasteiger partial charge in [0.2, 0.25) is 5.13 Å². The van der Waals surface area contributed by atoms with E-state index >= 15 is 0 Å². The van der Waals surface area contributed by atoms with E-state index < -0.39 is 0 Å². The number of para-hydroxylation sites is 1. The van der Waals surface area contributed by atoms with Crippen molar-refractivity contribution in [1.29, 1.82) is 0 Å². The maximum atomic E-state index is 12.9. The first-order valence-corrected chi connectivity index (χ1v) is 10.4. The molecule has 8 heteroatoms. The molecule has 0 radical (unpaired) electrons. The van der Waals surface area contributed by atoms with Gasteiger partial charge < -0.3 is 19.9 Å². The number of nitrogens with one attached hydrogen (secondary N) is 1. The summed E-state index contributed by atoms with van der Waals surface area (Å²) in [5, 5.41) is 4.17. The van der Waals surface area contributed by atoms with E-state index in [9.17, 15) is 4.79 Å². The molecule has 0 bridgehead atoms. The molecule has 1 unspecified atom stereocenters. The number of fused-ring (bicyclic) bond motifs is 1. The van der Waals surface area contributed by atoms with Crippen molar-refractivity contribution < 1.29 is 9.53 Å². The Hall–Kier alpha value is -2.35. The van der Waals surface area contributed by atoms with E-state index in [-0.39, 0.29) is 12.1 Å². The number of ether oxygens (including phenoxy) is 1. The molecule has 1 aromatic carbocycles. The Morgan fingerprint density at radius 3 is 3.04 bits per heavy atom. The van der Waals surface area contributed by atoms with Gasteiger partial charge >= 0.3 is 6.03 Å². The number of hydrogen-bond donors (Lipinski definition) is 1. The zero-order chi connectivity index (χ0) is 18.6. The van der Waals surface area contributed by atoms with E-state index in [4.69, 9.17) is 4.74 Å². The number of aryl methyl sites for hydroxylation is 1. The van der Waals surface area contributed by atoms with Crippen molar-refractivity contribution in [2.75, 3.05) is 37.7 Å². The third kappa shape index (κ3) is 4.00. The number of aromatic nitrogens is 2. The van der Waals surface area contributed by atoms with Crippen LogP contribution in [0.5, 0.6) is 5.75 Å². The van der Waals surface area contributed by atoms with Gasteiger partial charge in [0.15, 0.2) is 0 Å². The first-order chi connectivity index (χ1) is 13.2. The Bertz CT molecular complexity index is 796. The monoisotopic (exact) mass is 387 g/mol. The van der Waals surface area contributed by atoms with Crippen LogP contribution in [0.15, 0.2) is 24.3 Å². The number of benzene rings is 1. The van der Waals surface area contributed by atoms with Crippen molar-refractivity contribution in [3.63, 3.8) is 0 Å². The summed E-state index contributed by atoms with van der Waals surface area (Å²) < 4.78 is 10.1. The molecule has 3 heterocycles. The van der Waals surface area contributed by atoms with Gasteiger partial charge in [0, 0.05) is 56.1 Å². The molecule has 1 aromatic heterocycles. The lowest BCUT2D eigenvalue weighted by atomic mass is 10.0. The van der Waals surface area contributed by atoms with Crippen LogP contribution in [0, 0.1) is 0 Å². The van der Waals surface area contributed by atoms with Crippen LogP contribution < -0.4 is 15.0 Å². The number of nitrogens with zero attached hydrogens (tertiary/aromatic N) is 4. The lowest BCUT2D eigenvalue weighted by molar-refractivity contribution is 0.189. The van der Waals surface area contributed by atoms with Gasteiger partial charge in [-0.1, -0.05) is 25.1 Å². The molecule has 2 aliphatic rings. The molecule has 0 spiro atoms. The van der Waals surface area contributed by atoms with Crippen LogP contribution in [0.1, 0.15) is 37.2 Å². The number of urea groups is 1. The highest BCUT2D eigenvalue weighted by Crippen LogP contribution is 2.31. The minimum absolute atomic E-state index is 0.00469. The maximum absolute atomic E-state index is 12.9. The fourth-order valence-electron chi connectivity index (χ4n) is 3.56. The van der Waals surface area contributed by atoms with Crippen LogP contribution in [0.4, 0.5) is 9.93 Å². The van der Waals surface area contributed by atoms with Crippen molar-refractivity contribution in [3.8, 4) is 5.75 Å². The Morgan fingerprint density at radius 2 is 2.19 bits per heavy atom. The molecular formula is C19H25N5O2S. The molecule has 0 saturated carbocycles. The van der Waals surface area contributed by atoms with E-state index in [1.807, 2.05) is 29.2 Å². The van der Waals surface area contributed by atoms with Gasteiger partial charge in [-0.25, -0.2) is 9.78 Å². The van der Waals surface area contributed by atoms with Crippen LogP contribution in [-0.4, -0.2) is 53.1 Å². The van der Waals surface area contributed by atoms with Gasteiger partial charge in [-0.2, -0.15) is 4.37 Å². The quantitative estimate of drug-likeness (QED) is 0.877. The van der Waals surface area contributed by atoms with E-state index in [0.717, 1.165) is 61.2 Å². The highest BCUT2D eigenvalue weighted by atomic mass is 32.1. The zero-order valence-electron chi connectivity index (χ0n) is 15.6. The standard InChI is InChI=1S/C19H25N5O2S/c1-2-17-21-19(27-22-17)24-10-5-9-23(11-12-24)18(25)20-15-8-13-26-16-7-4-3-6-14(15)16/h3-4,6-7,15H,2,5,8-13H2,1H3,(H,20,25). The van der Waals surface area contributed by atoms with Crippen molar-refractivity contribution >= 4 is 22.7 Å².